The highest BCUT2D eigenvalue weighted by atomic mass is 16.5. The summed E-state index contributed by atoms with van der Waals surface area (Å²) in [5.41, 5.74) is 2.66. The van der Waals surface area contributed by atoms with Gasteiger partial charge < -0.3 is 14.2 Å². The summed E-state index contributed by atoms with van der Waals surface area (Å²) >= 11 is 0. The third-order valence-electron chi connectivity index (χ3n) is 5.47. The Bertz CT molecular complexity index is 1040. The summed E-state index contributed by atoms with van der Waals surface area (Å²) < 4.78 is 7.28. The number of carbonyl (C=O) groups excluding carboxylic acids is 2. The summed E-state index contributed by atoms with van der Waals surface area (Å²) in [7, 11) is 3.50. The fourth-order valence-electron chi connectivity index (χ4n) is 3.90. The van der Waals surface area contributed by atoms with Crippen molar-refractivity contribution in [3.63, 3.8) is 0 Å². The predicted molar refractivity (Wildman–Crippen MR) is 109 cm³/mol. The number of nitrogens with zero attached hydrogens (tertiary/aromatic N) is 3. The largest absolute Gasteiger partial charge is 0.496 e. The Labute approximate surface area is 169 Å². The van der Waals surface area contributed by atoms with Crippen LogP contribution in [0.15, 0.2) is 48.7 Å². The molecule has 0 bridgehead atoms. The summed E-state index contributed by atoms with van der Waals surface area (Å²) in [5.74, 6) is 0.227. The van der Waals surface area contributed by atoms with Crippen molar-refractivity contribution in [2.24, 2.45) is 13.0 Å². The first-order valence-corrected chi connectivity index (χ1v) is 9.72. The van der Waals surface area contributed by atoms with Crippen LogP contribution in [0.3, 0.4) is 0 Å². The van der Waals surface area contributed by atoms with E-state index in [1.54, 1.807) is 30.2 Å². The smallest absolute Gasteiger partial charge is 0.271 e. The maximum atomic E-state index is 13.0. The van der Waals surface area contributed by atoms with Crippen LogP contribution in [0, 0.1) is 5.92 Å². The third-order valence-corrected chi connectivity index (χ3v) is 5.47. The zero-order valence-electron chi connectivity index (χ0n) is 16.6. The summed E-state index contributed by atoms with van der Waals surface area (Å²) in [4.78, 5) is 27.8. The fraction of sp³-hybridized carbons (Fsp3) is 0.318. The Balaban J connectivity index is 1.50. The van der Waals surface area contributed by atoms with Crippen molar-refractivity contribution in [2.75, 3.05) is 20.2 Å². The minimum Gasteiger partial charge on any atom is -0.496 e. The monoisotopic (exact) mass is 392 g/mol. The van der Waals surface area contributed by atoms with E-state index < -0.39 is 0 Å². The molecule has 4 rings (SSSR count). The topological polar surface area (TPSA) is 80.2 Å². The van der Waals surface area contributed by atoms with Gasteiger partial charge in [0, 0.05) is 32.3 Å². The quantitative estimate of drug-likeness (QED) is 0.677. The third kappa shape index (κ3) is 3.68. The Kier molecular flexibility index (Phi) is 5.20. The highest BCUT2D eigenvalue weighted by molar-refractivity contribution is 6.01. The number of aryl methyl sites for hydroxylation is 1. The van der Waals surface area contributed by atoms with Crippen LogP contribution in [0.25, 0.3) is 11.4 Å². The molecule has 1 N–H and O–H groups in total. The molecule has 7 heteroatoms. The van der Waals surface area contributed by atoms with Crippen molar-refractivity contribution in [1.82, 2.24) is 19.7 Å². The van der Waals surface area contributed by atoms with Gasteiger partial charge in [0.15, 0.2) is 5.78 Å². The molecule has 1 unspecified atom stereocenters. The lowest BCUT2D eigenvalue weighted by molar-refractivity contribution is 0.0631. The molecule has 0 saturated carbocycles. The number of nitrogens with one attached hydrogen (secondary N) is 1. The van der Waals surface area contributed by atoms with Crippen molar-refractivity contribution >= 4 is 11.7 Å². The molecule has 7 nitrogen and oxygen atoms in total. The molecule has 29 heavy (non-hydrogen) atoms. The molecule has 1 aromatic carbocycles. The molecule has 0 radical (unpaired) electrons. The van der Waals surface area contributed by atoms with Gasteiger partial charge >= 0.3 is 0 Å². The number of carbonyl (C=O) groups is 2. The fourth-order valence-corrected chi connectivity index (χ4v) is 3.90. The van der Waals surface area contributed by atoms with Crippen LogP contribution in [-0.2, 0) is 7.05 Å². The molecule has 0 aliphatic carbocycles. The van der Waals surface area contributed by atoms with Crippen molar-refractivity contribution in [3.8, 4) is 17.1 Å². The van der Waals surface area contributed by atoms with Gasteiger partial charge in [0.2, 0.25) is 0 Å². The summed E-state index contributed by atoms with van der Waals surface area (Å²) in [6.45, 7) is 1.03. The normalized spacial score (nSPS) is 16.6. The Morgan fingerprint density at radius 2 is 2.03 bits per heavy atom. The van der Waals surface area contributed by atoms with Gasteiger partial charge in [-0.3, -0.25) is 14.7 Å². The molecule has 0 spiro atoms. The van der Waals surface area contributed by atoms with E-state index in [-0.39, 0.29) is 17.6 Å². The van der Waals surface area contributed by atoms with E-state index in [0.717, 1.165) is 24.2 Å². The van der Waals surface area contributed by atoms with Crippen molar-refractivity contribution in [1.29, 1.82) is 0 Å². The number of rotatable bonds is 5. The standard InChI is InChI=1S/C22H24N4O3/c1-25-11-6-9-19(25)17-13-18(24-23-17)22(28)26-12-5-7-15(14-26)21(27)16-8-3-4-10-20(16)29-2/h3-4,6,8-11,13,15H,5,7,12,14H2,1-2H3,(H,23,24). The highest BCUT2D eigenvalue weighted by Gasteiger charge is 2.31. The number of hydrogen-bond acceptors (Lipinski definition) is 4. The zero-order valence-corrected chi connectivity index (χ0v) is 16.6. The molecule has 150 valence electrons. The Hall–Kier alpha value is -3.35. The van der Waals surface area contributed by atoms with E-state index in [1.165, 1.54) is 0 Å². The zero-order chi connectivity index (χ0) is 20.4. The van der Waals surface area contributed by atoms with E-state index in [0.29, 0.717) is 30.1 Å². The highest BCUT2D eigenvalue weighted by Crippen LogP contribution is 2.27. The average Bonchev–Trinajstić information content (AvgIpc) is 3.41. The number of para-hydroxylation sites is 1. The minimum absolute atomic E-state index is 0.0223. The number of aromatic amines is 1. The van der Waals surface area contributed by atoms with Crippen LogP contribution in [0.1, 0.15) is 33.7 Å². The van der Waals surface area contributed by atoms with Crippen molar-refractivity contribution in [3.05, 3.63) is 59.9 Å². The molecular weight excluding hydrogens is 368 g/mol. The number of benzene rings is 1. The van der Waals surface area contributed by atoms with Crippen LogP contribution in [0.2, 0.25) is 0 Å². The van der Waals surface area contributed by atoms with Gasteiger partial charge in [0.25, 0.3) is 5.91 Å². The molecule has 1 fully saturated rings. The number of Topliss-reactive ketones (excluding diaryl/α,β-unsaturated/α-hetero) is 1. The molecule has 1 aliphatic rings. The van der Waals surface area contributed by atoms with E-state index in [1.807, 2.05) is 42.1 Å². The maximum Gasteiger partial charge on any atom is 0.271 e. The molecule has 1 atom stereocenters. The maximum absolute atomic E-state index is 13.0. The van der Waals surface area contributed by atoms with E-state index in [2.05, 4.69) is 10.2 Å². The van der Waals surface area contributed by atoms with E-state index in [9.17, 15) is 9.59 Å². The van der Waals surface area contributed by atoms with Gasteiger partial charge in [-0.2, -0.15) is 5.10 Å². The lowest BCUT2D eigenvalue weighted by atomic mass is 9.89. The lowest BCUT2D eigenvalue weighted by Gasteiger charge is -2.31. The lowest BCUT2D eigenvalue weighted by Crippen LogP contribution is -2.42. The first kappa shape index (κ1) is 19.0. The minimum atomic E-state index is -0.237. The summed E-state index contributed by atoms with van der Waals surface area (Å²) in [6, 6.07) is 12.9. The van der Waals surface area contributed by atoms with Gasteiger partial charge in [-0.1, -0.05) is 12.1 Å². The number of aromatic nitrogens is 3. The molecule has 3 aromatic rings. The van der Waals surface area contributed by atoms with Crippen LogP contribution in [0.5, 0.6) is 5.75 Å². The van der Waals surface area contributed by atoms with Crippen LogP contribution < -0.4 is 4.74 Å². The SMILES string of the molecule is COc1ccccc1C(=O)C1CCCN(C(=O)c2cc(-c3cccn3C)n[nH]2)C1. The van der Waals surface area contributed by atoms with Crippen molar-refractivity contribution < 1.29 is 14.3 Å². The summed E-state index contributed by atoms with van der Waals surface area (Å²) in [6.07, 6.45) is 3.48. The molecule has 1 aliphatic heterocycles. The second kappa shape index (κ2) is 7.95. The van der Waals surface area contributed by atoms with E-state index >= 15 is 0 Å². The van der Waals surface area contributed by atoms with Gasteiger partial charge in [0.1, 0.15) is 17.1 Å². The first-order chi connectivity index (χ1) is 14.1. The second-order valence-corrected chi connectivity index (χ2v) is 7.33. The summed E-state index contributed by atoms with van der Waals surface area (Å²) in [5, 5.41) is 7.14. The molecule has 2 aromatic heterocycles. The number of methoxy groups -OCH3 is 1. The molecular formula is C22H24N4O3. The Morgan fingerprint density at radius 1 is 1.21 bits per heavy atom. The molecule has 1 saturated heterocycles. The van der Waals surface area contributed by atoms with E-state index in [4.69, 9.17) is 4.74 Å². The predicted octanol–water partition coefficient (Wildman–Crippen LogP) is 3.16. The van der Waals surface area contributed by atoms with Gasteiger partial charge in [-0.05, 0) is 43.2 Å². The van der Waals surface area contributed by atoms with Gasteiger partial charge in [0.05, 0.1) is 18.4 Å². The first-order valence-electron chi connectivity index (χ1n) is 9.72. The molecule has 3 heterocycles. The van der Waals surface area contributed by atoms with Crippen LogP contribution in [-0.4, -0.2) is 51.6 Å². The van der Waals surface area contributed by atoms with Crippen LogP contribution in [0.4, 0.5) is 0 Å². The number of H-pyrrole nitrogens is 1. The van der Waals surface area contributed by atoms with Crippen LogP contribution >= 0.6 is 0 Å². The van der Waals surface area contributed by atoms with Gasteiger partial charge in [-0.15, -0.1) is 0 Å². The number of likely N-dealkylation sites (tertiary alicyclic amines) is 1. The number of ketones is 1. The number of piperidine rings is 1. The average molecular weight is 392 g/mol. The number of hydrogen-bond donors (Lipinski definition) is 1. The number of amides is 1. The Morgan fingerprint density at radius 3 is 2.79 bits per heavy atom. The van der Waals surface area contributed by atoms with Crippen molar-refractivity contribution in [2.45, 2.75) is 12.8 Å². The molecule has 1 amide bonds. The number of ether oxygens (including phenoxy) is 1. The van der Waals surface area contributed by atoms with Gasteiger partial charge in [-0.25, -0.2) is 0 Å². The second-order valence-electron chi connectivity index (χ2n) is 7.33.